The lowest BCUT2D eigenvalue weighted by Gasteiger charge is -2.16. The van der Waals surface area contributed by atoms with Crippen LogP contribution in [0.5, 0.6) is 5.75 Å². The van der Waals surface area contributed by atoms with Gasteiger partial charge in [-0.1, -0.05) is 0 Å². The fourth-order valence-corrected chi connectivity index (χ4v) is 1.84. The lowest BCUT2D eigenvalue weighted by atomic mass is 10.0. The van der Waals surface area contributed by atoms with E-state index in [9.17, 15) is 9.59 Å². The number of benzene rings is 1. The molecule has 2 aromatic rings. The Labute approximate surface area is 90.4 Å². The van der Waals surface area contributed by atoms with Gasteiger partial charge in [-0.2, -0.15) is 0 Å². The van der Waals surface area contributed by atoms with Crippen molar-refractivity contribution >= 4 is 16.8 Å². The molecule has 1 aliphatic heterocycles. The van der Waals surface area contributed by atoms with E-state index in [1.54, 1.807) is 12.1 Å². The van der Waals surface area contributed by atoms with E-state index in [-0.39, 0.29) is 18.0 Å². The molecule has 0 amide bonds. The van der Waals surface area contributed by atoms with Gasteiger partial charge in [0.05, 0.1) is 0 Å². The molecule has 4 nitrogen and oxygen atoms in total. The summed E-state index contributed by atoms with van der Waals surface area (Å²) in [4.78, 5) is 22.3. The van der Waals surface area contributed by atoms with Gasteiger partial charge >= 0.3 is 5.63 Å². The predicted octanol–water partition coefficient (Wildman–Crippen LogP) is 1.30. The van der Waals surface area contributed by atoms with E-state index < -0.39 is 0 Å². The summed E-state index contributed by atoms with van der Waals surface area (Å²) in [7, 11) is 0. The van der Waals surface area contributed by atoms with Crippen LogP contribution < -0.4 is 10.4 Å². The molecule has 0 unspecified atom stereocenters. The van der Waals surface area contributed by atoms with Crippen molar-refractivity contribution in [3.8, 4) is 5.75 Å². The largest absolute Gasteiger partial charge is 0.485 e. The second kappa shape index (κ2) is 3.20. The van der Waals surface area contributed by atoms with E-state index in [4.69, 9.17) is 9.15 Å². The number of hydrogen-bond donors (Lipinski definition) is 0. The molecule has 0 saturated heterocycles. The third-order valence-corrected chi connectivity index (χ3v) is 2.58. The second-order valence-corrected chi connectivity index (χ2v) is 3.76. The van der Waals surface area contributed by atoms with E-state index in [0.717, 1.165) is 10.9 Å². The summed E-state index contributed by atoms with van der Waals surface area (Å²) in [5.74, 6) is 0.686. The Morgan fingerprint density at radius 1 is 1.12 bits per heavy atom. The number of ketones is 1. The maximum Gasteiger partial charge on any atom is 0.336 e. The molecule has 0 spiro atoms. The van der Waals surface area contributed by atoms with Gasteiger partial charge in [-0.25, -0.2) is 4.79 Å². The smallest absolute Gasteiger partial charge is 0.336 e. The van der Waals surface area contributed by atoms with Gasteiger partial charge in [-0.05, 0) is 12.1 Å². The van der Waals surface area contributed by atoms with Crippen LogP contribution in [-0.2, 0) is 11.2 Å². The Hall–Kier alpha value is -2.10. The van der Waals surface area contributed by atoms with E-state index in [1.165, 1.54) is 6.07 Å². The molecule has 0 N–H and O–H groups in total. The first-order valence-electron chi connectivity index (χ1n) is 4.94. The number of fused-ring (bicyclic) bond motifs is 2. The van der Waals surface area contributed by atoms with Crippen molar-refractivity contribution in [1.29, 1.82) is 0 Å². The highest BCUT2D eigenvalue weighted by Crippen LogP contribution is 2.28. The number of rotatable bonds is 0. The first kappa shape index (κ1) is 9.15. The molecule has 80 valence electrons. The summed E-state index contributed by atoms with van der Waals surface area (Å²) < 4.78 is 10.3. The number of carbonyl (C=O) groups excluding carboxylic acids is 1. The fraction of sp³-hybridized carbons (Fsp3) is 0.167. The van der Waals surface area contributed by atoms with Crippen LogP contribution in [-0.4, -0.2) is 12.4 Å². The minimum atomic E-state index is -0.390. The van der Waals surface area contributed by atoms with Gasteiger partial charge in [0.2, 0.25) is 0 Å². The summed E-state index contributed by atoms with van der Waals surface area (Å²) in [5.41, 5.74) is 0.942. The van der Waals surface area contributed by atoms with Gasteiger partial charge in [-0.15, -0.1) is 0 Å². The molecule has 2 heterocycles. The van der Waals surface area contributed by atoms with Gasteiger partial charge < -0.3 is 9.15 Å². The molecule has 0 radical (unpaired) electrons. The zero-order valence-corrected chi connectivity index (χ0v) is 8.36. The molecular formula is C12H8O4. The van der Waals surface area contributed by atoms with Crippen LogP contribution in [0, 0.1) is 0 Å². The average Bonchev–Trinajstić information content (AvgIpc) is 2.26. The lowest BCUT2D eigenvalue weighted by Crippen LogP contribution is -2.20. The summed E-state index contributed by atoms with van der Waals surface area (Å²) in [6.07, 6.45) is 0.379. The second-order valence-electron chi connectivity index (χ2n) is 3.76. The highest BCUT2D eigenvalue weighted by molar-refractivity contribution is 5.88. The summed E-state index contributed by atoms with van der Waals surface area (Å²) >= 11 is 0. The third-order valence-electron chi connectivity index (χ3n) is 2.58. The molecule has 1 aromatic carbocycles. The molecule has 1 aromatic heterocycles. The SMILES string of the molecule is O=C1COc2cc3oc(=O)ccc3cc2C1. The molecule has 4 heteroatoms. The number of carbonyl (C=O) groups is 1. The topological polar surface area (TPSA) is 56.5 Å². The summed E-state index contributed by atoms with van der Waals surface area (Å²) in [5, 5.41) is 0.802. The normalized spacial score (nSPS) is 14.6. The van der Waals surface area contributed by atoms with Gasteiger partial charge in [0.25, 0.3) is 0 Å². The van der Waals surface area contributed by atoms with Gasteiger partial charge in [-0.3, -0.25) is 4.79 Å². The first-order valence-corrected chi connectivity index (χ1v) is 4.94. The zero-order valence-electron chi connectivity index (χ0n) is 8.36. The highest BCUT2D eigenvalue weighted by atomic mass is 16.5. The third kappa shape index (κ3) is 1.39. The van der Waals surface area contributed by atoms with Crippen molar-refractivity contribution in [1.82, 2.24) is 0 Å². The van der Waals surface area contributed by atoms with E-state index in [0.29, 0.717) is 17.8 Å². The van der Waals surface area contributed by atoms with Gasteiger partial charge in [0, 0.05) is 29.5 Å². The Bertz CT molecular complexity index is 639. The summed E-state index contributed by atoms with van der Waals surface area (Å²) in [6.45, 7) is 0.0928. The van der Waals surface area contributed by atoms with Crippen LogP contribution >= 0.6 is 0 Å². The molecule has 0 fully saturated rings. The maximum absolute atomic E-state index is 11.2. The molecule has 0 atom stereocenters. The number of Topliss-reactive ketones (excluding diaryl/α,β-unsaturated/α-hetero) is 1. The Morgan fingerprint density at radius 2 is 2.00 bits per heavy atom. The minimum absolute atomic E-state index is 0.0595. The van der Waals surface area contributed by atoms with Crippen molar-refractivity contribution in [3.05, 3.63) is 40.2 Å². The molecule has 0 aliphatic carbocycles. The van der Waals surface area contributed by atoms with Crippen LogP contribution in [0.4, 0.5) is 0 Å². The Balaban J connectivity index is 2.27. The Morgan fingerprint density at radius 3 is 2.88 bits per heavy atom. The van der Waals surface area contributed by atoms with Crippen molar-refractivity contribution in [2.45, 2.75) is 6.42 Å². The van der Waals surface area contributed by atoms with Gasteiger partial charge in [0.1, 0.15) is 17.9 Å². The monoisotopic (exact) mass is 216 g/mol. The molecule has 0 bridgehead atoms. The highest BCUT2D eigenvalue weighted by Gasteiger charge is 2.17. The molecular weight excluding hydrogens is 208 g/mol. The first-order chi connectivity index (χ1) is 7.72. The summed E-state index contributed by atoms with van der Waals surface area (Å²) in [6, 6.07) is 6.53. The van der Waals surface area contributed by atoms with Crippen LogP contribution in [0.2, 0.25) is 0 Å². The average molecular weight is 216 g/mol. The molecule has 16 heavy (non-hydrogen) atoms. The van der Waals surface area contributed by atoms with Crippen molar-refractivity contribution in [3.63, 3.8) is 0 Å². The fourth-order valence-electron chi connectivity index (χ4n) is 1.84. The molecule has 1 aliphatic rings. The van der Waals surface area contributed by atoms with E-state index in [1.807, 2.05) is 6.07 Å². The molecule has 0 saturated carbocycles. The van der Waals surface area contributed by atoms with Crippen LogP contribution in [0.15, 0.2) is 33.5 Å². The van der Waals surface area contributed by atoms with Gasteiger partial charge in [0.15, 0.2) is 5.78 Å². The number of hydrogen-bond acceptors (Lipinski definition) is 4. The Kier molecular flexibility index (Phi) is 1.83. The quantitative estimate of drug-likeness (QED) is 0.623. The van der Waals surface area contributed by atoms with Crippen LogP contribution in [0.25, 0.3) is 11.0 Å². The number of ether oxygens (including phenoxy) is 1. The lowest BCUT2D eigenvalue weighted by molar-refractivity contribution is -0.121. The van der Waals surface area contributed by atoms with E-state index in [2.05, 4.69) is 0 Å². The standard InChI is InChI=1S/C12H8O4/c13-9-4-8-3-7-1-2-12(14)16-11(7)5-10(8)15-6-9/h1-3,5H,4,6H2. The van der Waals surface area contributed by atoms with Crippen LogP contribution in [0.3, 0.4) is 0 Å². The van der Waals surface area contributed by atoms with Crippen molar-refractivity contribution in [2.24, 2.45) is 0 Å². The zero-order chi connectivity index (χ0) is 11.1. The molecule has 3 rings (SSSR count). The van der Waals surface area contributed by atoms with Crippen molar-refractivity contribution in [2.75, 3.05) is 6.61 Å². The van der Waals surface area contributed by atoms with E-state index >= 15 is 0 Å². The van der Waals surface area contributed by atoms with Crippen LogP contribution in [0.1, 0.15) is 5.56 Å². The minimum Gasteiger partial charge on any atom is -0.485 e. The van der Waals surface area contributed by atoms with Crippen molar-refractivity contribution < 1.29 is 13.9 Å². The maximum atomic E-state index is 11.2. The predicted molar refractivity (Wildman–Crippen MR) is 56.7 cm³/mol.